The molecule has 0 saturated carbocycles. The summed E-state index contributed by atoms with van der Waals surface area (Å²) in [5.41, 5.74) is -1.04. The first-order valence-electron chi connectivity index (χ1n) is 11.1. The van der Waals surface area contributed by atoms with Crippen LogP contribution in [0.2, 0.25) is 5.02 Å². The van der Waals surface area contributed by atoms with Crippen molar-refractivity contribution in [3.8, 4) is 5.82 Å². The van der Waals surface area contributed by atoms with Gasteiger partial charge in [0, 0.05) is 23.7 Å². The van der Waals surface area contributed by atoms with Crippen molar-refractivity contribution in [1.82, 2.24) is 30.3 Å². The Morgan fingerprint density at radius 2 is 2.05 bits per heavy atom. The number of nitrogens with zero attached hydrogens (tertiary/aromatic N) is 4. The lowest BCUT2D eigenvalue weighted by Gasteiger charge is -2.18. The number of benzene rings is 1. The predicted octanol–water partition coefficient (Wildman–Crippen LogP) is 5.24. The molecule has 4 aromatic rings. The van der Waals surface area contributed by atoms with Crippen LogP contribution in [-0.2, 0) is 6.18 Å². The van der Waals surface area contributed by atoms with Crippen LogP contribution in [0.25, 0.3) is 22.8 Å². The summed E-state index contributed by atoms with van der Waals surface area (Å²) in [6.07, 6.45) is 0.0178. The molecule has 0 aliphatic heterocycles. The molecule has 3 aromatic heterocycles. The van der Waals surface area contributed by atoms with Gasteiger partial charge in [-0.15, -0.1) is 0 Å². The smallest absolute Gasteiger partial charge is 0.349 e. The van der Waals surface area contributed by atoms with Gasteiger partial charge in [0.25, 0.3) is 11.8 Å². The third-order valence-electron chi connectivity index (χ3n) is 5.62. The van der Waals surface area contributed by atoms with Crippen molar-refractivity contribution in [1.29, 1.82) is 0 Å². The zero-order valence-electron chi connectivity index (χ0n) is 19.7. The van der Waals surface area contributed by atoms with E-state index in [4.69, 9.17) is 11.6 Å². The topological polar surface area (TPSA) is 118 Å². The zero-order valence-corrected chi connectivity index (χ0v) is 20.4. The molecular formula is C24H21ClF3N7O2. The molecule has 1 aromatic carbocycles. The van der Waals surface area contributed by atoms with E-state index in [1.807, 2.05) is 13.8 Å². The molecule has 3 heterocycles. The fraction of sp³-hybridized carbons (Fsp3) is 0.208. The first kappa shape index (κ1) is 25.9. The standard InChI is InChI=1S/C24H21ClF3N7O2/c1-4-12(3)31-23(37)18-19(13(5-2)9-14-11-30-33-20(14)18)32-22(36)16-10-17(24(26,27)28)34-35(16)21-15(25)7-6-8-29-21/h5-12H,2,4H2,1,3H3,(H,30,33)(H,31,37)(H,32,36). The molecule has 0 aliphatic carbocycles. The van der Waals surface area contributed by atoms with Crippen LogP contribution < -0.4 is 10.6 Å². The maximum Gasteiger partial charge on any atom is 0.435 e. The minimum Gasteiger partial charge on any atom is -0.349 e. The van der Waals surface area contributed by atoms with Gasteiger partial charge in [-0.3, -0.25) is 14.7 Å². The minimum absolute atomic E-state index is 0.0207. The first-order chi connectivity index (χ1) is 17.5. The third-order valence-corrected chi connectivity index (χ3v) is 5.91. The lowest BCUT2D eigenvalue weighted by atomic mass is 10.0. The SMILES string of the molecule is C=Cc1cc2cn[nH]c2c(C(=O)NC(C)CC)c1NC(=O)c1cc(C(F)(F)F)nn1-c1ncccc1Cl. The number of aromatic nitrogens is 5. The Bertz CT molecular complexity index is 1510. The van der Waals surface area contributed by atoms with Gasteiger partial charge in [0.05, 0.1) is 28.0 Å². The van der Waals surface area contributed by atoms with E-state index in [0.29, 0.717) is 33.6 Å². The normalized spacial score (nSPS) is 12.4. The number of hydrogen-bond donors (Lipinski definition) is 3. The number of nitrogens with one attached hydrogen (secondary N) is 3. The van der Waals surface area contributed by atoms with Crippen LogP contribution in [-0.4, -0.2) is 42.8 Å². The molecule has 0 spiro atoms. The van der Waals surface area contributed by atoms with Crippen molar-refractivity contribution in [3.63, 3.8) is 0 Å². The highest BCUT2D eigenvalue weighted by molar-refractivity contribution is 6.32. The average molecular weight is 532 g/mol. The first-order valence-corrected chi connectivity index (χ1v) is 11.5. The van der Waals surface area contributed by atoms with Gasteiger partial charge in [0.2, 0.25) is 0 Å². The fourth-order valence-corrected chi connectivity index (χ4v) is 3.79. The van der Waals surface area contributed by atoms with Gasteiger partial charge < -0.3 is 10.6 Å². The molecule has 0 radical (unpaired) electrons. The number of aromatic amines is 1. The second-order valence-electron chi connectivity index (χ2n) is 8.12. The summed E-state index contributed by atoms with van der Waals surface area (Å²) in [4.78, 5) is 30.7. The van der Waals surface area contributed by atoms with Crippen LogP contribution in [0.4, 0.5) is 18.9 Å². The number of fused-ring (bicyclic) bond motifs is 1. The lowest BCUT2D eigenvalue weighted by Crippen LogP contribution is -2.33. The summed E-state index contributed by atoms with van der Waals surface area (Å²) in [6, 6.07) is 4.91. The molecular weight excluding hydrogens is 511 g/mol. The number of halogens is 4. The Morgan fingerprint density at radius 3 is 2.70 bits per heavy atom. The fourth-order valence-electron chi connectivity index (χ4n) is 3.59. The summed E-state index contributed by atoms with van der Waals surface area (Å²) in [6.45, 7) is 7.45. The zero-order chi connectivity index (χ0) is 26.9. The second kappa shape index (κ2) is 10.1. The number of H-pyrrole nitrogens is 1. The highest BCUT2D eigenvalue weighted by Gasteiger charge is 2.37. The van der Waals surface area contributed by atoms with E-state index in [1.165, 1.54) is 30.6 Å². The summed E-state index contributed by atoms with van der Waals surface area (Å²) in [5, 5.41) is 16.2. The van der Waals surface area contributed by atoms with Gasteiger partial charge in [-0.25, -0.2) is 9.67 Å². The van der Waals surface area contributed by atoms with Crippen LogP contribution in [0.15, 0.2) is 43.2 Å². The molecule has 0 saturated heterocycles. The van der Waals surface area contributed by atoms with Crippen molar-refractivity contribution in [3.05, 3.63) is 70.8 Å². The van der Waals surface area contributed by atoms with Crippen LogP contribution in [0.5, 0.6) is 0 Å². The number of alkyl halides is 3. The minimum atomic E-state index is -4.84. The highest BCUT2D eigenvalue weighted by Crippen LogP contribution is 2.33. The average Bonchev–Trinajstić information content (AvgIpc) is 3.51. The summed E-state index contributed by atoms with van der Waals surface area (Å²) in [5.74, 6) is -1.67. The molecule has 1 atom stereocenters. The largest absolute Gasteiger partial charge is 0.435 e. The van der Waals surface area contributed by atoms with E-state index in [2.05, 4.69) is 37.5 Å². The molecule has 3 N–H and O–H groups in total. The van der Waals surface area contributed by atoms with Crippen molar-refractivity contribution in [2.24, 2.45) is 0 Å². The maximum absolute atomic E-state index is 13.5. The molecule has 0 aliphatic rings. The second-order valence-corrected chi connectivity index (χ2v) is 8.53. The van der Waals surface area contributed by atoms with Gasteiger partial charge in [0.1, 0.15) is 5.69 Å². The molecule has 0 bridgehead atoms. The van der Waals surface area contributed by atoms with E-state index < -0.39 is 29.4 Å². The van der Waals surface area contributed by atoms with Crippen molar-refractivity contribution in [2.75, 3.05) is 5.32 Å². The Balaban J connectivity index is 1.87. The summed E-state index contributed by atoms with van der Waals surface area (Å²) < 4.78 is 41.3. The number of rotatable bonds is 7. The van der Waals surface area contributed by atoms with E-state index in [9.17, 15) is 22.8 Å². The molecule has 9 nitrogen and oxygen atoms in total. The number of pyridine rings is 1. The van der Waals surface area contributed by atoms with Crippen molar-refractivity contribution >= 4 is 46.1 Å². The Labute approximate surface area is 213 Å². The highest BCUT2D eigenvalue weighted by atomic mass is 35.5. The third kappa shape index (κ3) is 5.05. The van der Waals surface area contributed by atoms with Crippen molar-refractivity contribution < 1.29 is 22.8 Å². The molecule has 37 heavy (non-hydrogen) atoms. The number of anilines is 1. The van der Waals surface area contributed by atoms with Gasteiger partial charge >= 0.3 is 6.18 Å². The van der Waals surface area contributed by atoms with Crippen LogP contribution in [0.3, 0.4) is 0 Å². The molecule has 4 rings (SSSR count). The van der Waals surface area contributed by atoms with E-state index in [0.717, 1.165) is 0 Å². The molecule has 13 heteroatoms. The summed E-state index contributed by atoms with van der Waals surface area (Å²) >= 11 is 6.14. The molecule has 2 amide bonds. The number of carbonyl (C=O) groups excluding carboxylic acids is 2. The van der Waals surface area contributed by atoms with Crippen LogP contribution in [0.1, 0.15) is 52.4 Å². The van der Waals surface area contributed by atoms with Gasteiger partial charge in [-0.05, 0) is 37.1 Å². The van der Waals surface area contributed by atoms with Crippen LogP contribution in [0, 0.1) is 0 Å². The van der Waals surface area contributed by atoms with Crippen molar-refractivity contribution in [2.45, 2.75) is 32.5 Å². The van der Waals surface area contributed by atoms with E-state index in [-0.39, 0.29) is 28.1 Å². The Kier molecular flexibility index (Phi) is 7.03. The maximum atomic E-state index is 13.5. The van der Waals surface area contributed by atoms with Gasteiger partial charge in [0.15, 0.2) is 11.5 Å². The van der Waals surface area contributed by atoms with Gasteiger partial charge in [-0.1, -0.05) is 31.2 Å². The number of carbonyl (C=O) groups is 2. The Morgan fingerprint density at radius 1 is 1.30 bits per heavy atom. The van der Waals surface area contributed by atoms with Gasteiger partial charge in [-0.2, -0.15) is 23.4 Å². The Hall–Kier alpha value is -4.19. The number of hydrogen-bond acceptors (Lipinski definition) is 5. The monoisotopic (exact) mass is 531 g/mol. The molecule has 192 valence electrons. The quantitative estimate of drug-likeness (QED) is 0.301. The van der Waals surface area contributed by atoms with Crippen LogP contribution >= 0.6 is 11.6 Å². The van der Waals surface area contributed by atoms with E-state index in [1.54, 1.807) is 6.07 Å². The predicted molar refractivity (Wildman–Crippen MR) is 133 cm³/mol. The summed E-state index contributed by atoms with van der Waals surface area (Å²) in [7, 11) is 0. The molecule has 0 fully saturated rings. The number of amides is 2. The molecule has 1 unspecified atom stereocenters. The van der Waals surface area contributed by atoms with E-state index >= 15 is 0 Å². The lowest BCUT2D eigenvalue weighted by molar-refractivity contribution is -0.141.